The number of halogens is 3. The number of aryl methyl sites for hydroxylation is 1. The zero-order chi connectivity index (χ0) is 33.3. The van der Waals surface area contributed by atoms with E-state index in [2.05, 4.69) is 26.6 Å². The number of pyridine rings is 1. The van der Waals surface area contributed by atoms with Crippen LogP contribution in [-0.4, -0.2) is 61.9 Å². The number of rotatable bonds is 10. The molecule has 4 aromatic rings. The zero-order valence-electron chi connectivity index (χ0n) is 26.2. The molecule has 1 aliphatic heterocycles. The molecule has 46 heavy (non-hydrogen) atoms. The van der Waals surface area contributed by atoms with E-state index in [1.165, 1.54) is 11.0 Å². The van der Waals surface area contributed by atoms with Crippen LogP contribution in [0.3, 0.4) is 0 Å². The van der Waals surface area contributed by atoms with Crippen molar-refractivity contribution in [2.45, 2.75) is 46.1 Å². The lowest BCUT2D eigenvalue weighted by molar-refractivity contribution is -0.138. The maximum Gasteiger partial charge on any atom is 0.416 e. The Kier molecular flexibility index (Phi) is 9.14. The number of benzene rings is 2. The summed E-state index contributed by atoms with van der Waals surface area (Å²) in [7, 11) is 3.48. The third-order valence-corrected chi connectivity index (χ3v) is 7.63. The maximum absolute atomic E-state index is 14.4. The number of anilines is 2. The summed E-state index contributed by atoms with van der Waals surface area (Å²) in [5.74, 6) is 0.786. The highest BCUT2D eigenvalue weighted by Gasteiger charge is 2.41. The average Bonchev–Trinajstić information content (AvgIpc) is 3.56. The Morgan fingerprint density at radius 2 is 1.87 bits per heavy atom. The Bertz CT molecular complexity index is 1810. The first-order valence-electron chi connectivity index (χ1n) is 14.8. The number of hydrogen-bond donors (Lipinski definition) is 2. The van der Waals surface area contributed by atoms with Crippen molar-refractivity contribution < 1.29 is 23.1 Å². The van der Waals surface area contributed by atoms with Crippen LogP contribution in [0.25, 0.3) is 22.5 Å². The molecule has 1 amide bonds. The third-order valence-electron chi connectivity index (χ3n) is 7.63. The standard InChI is InChI=1S/C33H35F3N8O2/c1-19(2)14-38-29-11-23(25-8-21(13-37)6-7-24(25)31-41-39-18-43(31)5)12-30(40-29)44-17-27-26(32(44)46)9-22(10-28(27)33(34,35)36)16-42(4)15-20(3)45/h6-12,18-20,45H,14-17H2,1-5H3,(H,38,40). The van der Waals surface area contributed by atoms with Crippen molar-refractivity contribution in [1.29, 1.82) is 5.26 Å². The molecule has 1 unspecified atom stereocenters. The van der Waals surface area contributed by atoms with E-state index in [4.69, 9.17) is 0 Å². The van der Waals surface area contributed by atoms with Gasteiger partial charge in [0.15, 0.2) is 5.82 Å². The first-order chi connectivity index (χ1) is 21.7. The molecule has 1 atom stereocenters. The normalized spacial score (nSPS) is 13.8. The lowest BCUT2D eigenvalue weighted by atomic mass is 9.97. The van der Waals surface area contributed by atoms with Crippen molar-refractivity contribution in [1.82, 2.24) is 24.6 Å². The first kappa shape index (κ1) is 32.6. The molecular weight excluding hydrogens is 597 g/mol. The number of aromatic nitrogens is 4. The SMILES string of the molecule is CC(C)CNc1cc(-c2cc(C#N)ccc2-c2nncn2C)cc(N2Cc3c(cc(CN(C)CC(C)O)cc3C(F)(F)F)C2=O)n1. The summed E-state index contributed by atoms with van der Waals surface area (Å²) >= 11 is 0. The second-order valence-electron chi connectivity index (χ2n) is 12.1. The first-order valence-corrected chi connectivity index (χ1v) is 14.8. The lowest BCUT2D eigenvalue weighted by Crippen LogP contribution is -2.27. The van der Waals surface area contributed by atoms with Crippen LogP contribution in [0.5, 0.6) is 0 Å². The van der Waals surface area contributed by atoms with Crippen LogP contribution < -0.4 is 10.2 Å². The van der Waals surface area contributed by atoms with Crippen LogP contribution in [0.2, 0.25) is 0 Å². The molecule has 10 nitrogen and oxygen atoms in total. The topological polar surface area (TPSA) is 123 Å². The summed E-state index contributed by atoms with van der Waals surface area (Å²) in [6.45, 7) is 6.25. The predicted octanol–water partition coefficient (Wildman–Crippen LogP) is 5.48. The van der Waals surface area contributed by atoms with Gasteiger partial charge in [-0.05, 0) is 84.6 Å². The van der Waals surface area contributed by atoms with Gasteiger partial charge in [-0.1, -0.05) is 13.8 Å². The Morgan fingerprint density at radius 1 is 1.11 bits per heavy atom. The molecule has 13 heteroatoms. The molecule has 0 saturated carbocycles. The van der Waals surface area contributed by atoms with Crippen LogP contribution in [0.1, 0.15) is 53.4 Å². The van der Waals surface area contributed by atoms with E-state index < -0.39 is 23.8 Å². The van der Waals surface area contributed by atoms with Gasteiger partial charge in [0.05, 0.1) is 29.8 Å². The number of likely N-dealkylation sites (N-methyl/N-ethyl adjacent to an activating group) is 1. The molecule has 3 heterocycles. The molecule has 2 aromatic carbocycles. The predicted molar refractivity (Wildman–Crippen MR) is 168 cm³/mol. The summed E-state index contributed by atoms with van der Waals surface area (Å²) in [5, 5.41) is 30.9. The quantitative estimate of drug-likeness (QED) is 0.236. The fourth-order valence-corrected chi connectivity index (χ4v) is 5.61. The van der Waals surface area contributed by atoms with Gasteiger partial charge in [0.2, 0.25) is 0 Å². The average molecular weight is 633 g/mol. The van der Waals surface area contributed by atoms with Gasteiger partial charge in [0.1, 0.15) is 18.0 Å². The number of carbonyl (C=O) groups is 1. The third kappa shape index (κ3) is 6.88. The van der Waals surface area contributed by atoms with E-state index in [0.29, 0.717) is 46.0 Å². The number of hydrogen-bond acceptors (Lipinski definition) is 8. The summed E-state index contributed by atoms with van der Waals surface area (Å²) in [6.07, 6.45) is -3.81. The van der Waals surface area contributed by atoms with E-state index in [1.807, 2.05) is 13.8 Å². The van der Waals surface area contributed by atoms with Crippen molar-refractivity contribution >= 4 is 17.5 Å². The summed E-state index contributed by atoms with van der Waals surface area (Å²) < 4.78 is 44.9. The van der Waals surface area contributed by atoms with Crippen molar-refractivity contribution in [2.24, 2.45) is 13.0 Å². The van der Waals surface area contributed by atoms with E-state index >= 15 is 0 Å². The molecule has 2 N–H and O–H groups in total. The molecule has 0 radical (unpaired) electrons. The molecule has 0 aliphatic carbocycles. The molecule has 0 bridgehead atoms. The van der Waals surface area contributed by atoms with Gasteiger partial charge < -0.3 is 15.0 Å². The van der Waals surface area contributed by atoms with Gasteiger partial charge in [-0.3, -0.25) is 14.6 Å². The molecule has 1 aliphatic rings. The molecular formula is C33H35F3N8O2. The van der Waals surface area contributed by atoms with Gasteiger partial charge in [0.25, 0.3) is 5.91 Å². The van der Waals surface area contributed by atoms with Crippen LogP contribution in [-0.2, 0) is 26.3 Å². The van der Waals surface area contributed by atoms with Crippen molar-refractivity contribution in [3.05, 3.63) is 76.6 Å². The second kappa shape index (κ2) is 12.9. The minimum Gasteiger partial charge on any atom is -0.392 e. The van der Waals surface area contributed by atoms with Crippen molar-refractivity contribution in [3.63, 3.8) is 0 Å². The van der Waals surface area contributed by atoms with Gasteiger partial charge in [-0.15, -0.1) is 10.2 Å². The maximum atomic E-state index is 14.4. The van der Waals surface area contributed by atoms with Crippen molar-refractivity contribution in [2.75, 3.05) is 30.4 Å². The Balaban J connectivity index is 1.63. The molecule has 5 rings (SSSR count). The number of amides is 1. The smallest absolute Gasteiger partial charge is 0.392 e. The van der Waals surface area contributed by atoms with E-state index in [1.54, 1.807) is 67.1 Å². The second-order valence-corrected chi connectivity index (χ2v) is 12.1. The van der Waals surface area contributed by atoms with E-state index in [-0.39, 0.29) is 42.5 Å². The van der Waals surface area contributed by atoms with Gasteiger partial charge in [-0.2, -0.15) is 18.4 Å². The van der Waals surface area contributed by atoms with E-state index in [0.717, 1.165) is 6.07 Å². The van der Waals surface area contributed by atoms with E-state index in [9.17, 15) is 28.3 Å². The number of aliphatic hydroxyl groups is 1. The molecule has 0 spiro atoms. The number of alkyl halides is 3. The fourth-order valence-electron chi connectivity index (χ4n) is 5.61. The number of nitrogens with zero attached hydrogens (tertiary/aromatic N) is 7. The largest absolute Gasteiger partial charge is 0.416 e. The minimum atomic E-state index is -4.69. The number of carbonyl (C=O) groups excluding carboxylic acids is 1. The number of fused-ring (bicyclic) bond motifs is 1. The Morgan fingerprint density at radius 3 is 2.50 bits per heavy atom. The number of aliphatic hydroxyl groups excluding tert-OH is 1. The number of nitriles is 1. The fraction of sp³-hybridized carbons (Fsp3) is 0.364. The van der Waals surface area contributed by atoms with Gasteiger partial charge in [0, 0.05) is 37.8 Å². The molecule has 0 saturated heterocycles. The van der Waals surface area contributed by atoms with Crippen LogP contribution in [0.4, 0.5) is 24.8 Å². The lowest BCUT2D eigenvalue weighted by Gasteiger charge is -2.20. The zero-order valence-corrected chi connectivity index (χ0v) is 26.2. The highest BCUT2D eigenvalue weighted by Crippen LogP contribution is 2.41. The summed E-state index contributed by atoms with van der Waals surface area (Å²) in [4.78, 5) is 21.5. The van der Waals surface area contributed by atoms with Crippen LogP contribution >= 0.6 is 0 Å². The highest BCUT2D eigenvalue weighted by molar-refractivity contribution is 6.10. The van der Waals surface area contributed by atoms with Crippen LogP contribution in [0, 0.1) is 17.2 Å². The monoisotopic (exact) mass is 632 g/mol. The van der Waals surface area contributed by atoms with Gasteiger partial charge in [-0.25, -0.2) is 4.98 Å². The van der Waals surface area contributed by atoms with Crippen molar-refractivity contribution in [3.8, 4) is 28.6 Å². The van der Waals surface area contributed by atoms with Gasteiger partial charge >= 0.3 is 6.18 Å². The number of nitrogens with one attached hydrogen (secondary N) is 1. The van der Waals surface area contributed by atoms with Crippen LogP contribution in [0.15, 0.2) is 48.8 Å². The Hall–Kier alpha value is -4.80. The minimum absolute atomic E-state index is 0.0367. The molecule has 240 valence electrons. The molecule has 0 fully saturated rings. The molecule has 2 aromatic heterocycles. The summed E-state index contributed by atoms with van der Waals surface area (Å²) in [5.41, 5.74) is 1.56. The Labute approximate surface area is 265 Å². The highest BCUT2D eigenvalue weighted by atomic mass is 19.4. The summed E-state index contributed by atoms with van der Waals surface area (Å²) in [6, 6.07) is 13.3.